The highest BCUT2D eigenvalue weighted by Crippen LogP contribution is 2.33. The van der Waals surface area contributed by atoms with Crippen molar-refractivity contribution >= 4 is 23.0 Å². The van der Waals surface area contributed by atoms with Crippen LogP contribution in [0.3, 0.4) is 0 Å². The highest BCUT2D eigenvalue weighted by molar-refractivity contribution is 6.05. The molecule has 8 heteroatoms. The average Bonchev–Trinajstić information content (AvgIpc) is 2.72. The Morgan fingerprint density at radius 1 is 1.17 bits per heavy atom. The Morgan fingerprint density at radius 3 is 2.45 bits per heavy atom. The lowest BCUT2D eigenvalue weighted by Gasteiger charge is -2.32. The Morgan fingerprint density at radius 2 is 1.86 bits per heavy atom. The number of methoxy groups -OCH3 is 2. The summed E-state index contributed by atoms with van der Waals surface area (Å²) in [5.41, 5.74) is 1.19. The largest absolute Gasteiger partial charge is 0.497 e. The lowest BCUT2D eigenvalue weighted by molar-refractivity contribution is -0.384. The van der Waals surface area contributed by atoms with E-state index in [4.69, 9.17) is 9.47 Å². The van der Waals surface area contributed by atoms with Gasteiger partial charge in [-0.2, -0.15) is 0 Å². The topological polar surface area (TPSA) is 93.9 Å². The fourth-order valence-electron chi connectivity index (χ4n) is 3.57. The van der Waals surface area contributed by atoms with E-state index in [9.17, 15) is 14.9 Å². The standard InChI is InChI=1S/C21H25N3O5/c1-14-5-4-8-23(13-14)19-7-6-15(9-20(19)24(26)27)21(25)22-16-10-17(28-2)12-18(11-16)29-3/h6-7,9-12,14H,4-5,8,13H2,1-3H3,(H,22,25)/t14-/m1/s1. The smallest absolute Gasteiger partial charge is 0.293 e. The van der Waals surface area contributed by atoms with E-state index in [0.29, 0.717) is 28.8 Å². The molecule has 29 heavy (non-hydrogen) atoms. The second kappa shape index (κ2) is 8.81. The molecule has 0 radical (unpaired) electrons. The summed E-state index contributed by atoms with van der Waals surface area (Å²) in [5.74, 6) is 1.09. The Hall–Kier alpha value is -3.29. The van der Waals surface area contributed by atoms with Gasteiger partial charge >= 0.3 is 0 Å². The van der Waals surface area contributed by atoms with Crippen LogP contribution in [0.4, 0.5) is 17.1 Å². The van der Waals surface area contributed by atoms with Crippen molar-refractivity contribution < 1.29 is 19.2 Å². The first-order valence-corrected chi connectivity index (χ1v) is 9.49. The van der Waals surface area contributed by atoms with Crippen molar-refractivity contribution in [3.05, 3.63) is 52.1 Å². The molecule has 0 aromatic heterocycles. The van der Waals surface area contributed by atoms with Crippen molar-refractivity contribution in [2.45, 2.75) is 19.8 Å². The molecular weight excluding hydrogens is 374 g/mol. The number of piperidine rings is 1. The van der Waals surface area contributed by atoms with E-state index in [1.807, 2.05) is 4.90 Å². The molecule has 0 spiro atoms. The minimum Gasteiger partial charge on any atom is -0.497 e. The molecule has 2 aromatic carbocycles. The molecule has 1 N–H and O–H groups in total. The second-order valence-electron chi connectivity index (χ2n) is 7.21. The van der Waals surface area contributed by atoms with Gasteiger partial charge in [-0.1, -0.05) is 6.92 Å². The van der Waals surface area contributed by atoms with Crippen LogP contribution >= 0.6 is 0 Å². The third kappa shape index (κ3) is 4.77. The Balaban J connectivity index is 1.86. The van der Waals surface area contributed by atoms with Crippen LogP contribution in [-0.4, -0.2) is 38.1 Å². The molecule has 1 heterocycles. The molecule has 0 bridgehead atoms. The molecule has 1 atom stereocenters. The van der Waals surface area contributed by atoms with Crippen LogP contribution in [-0.2, 0) is 0 Å². The van der Waals surface area contributed by atoms with E-state index in [-0.39, 0.29) is 11.3 Å². The first kappa shape index (κ1) is 20.4. The quantitative estimate of drug-likeness (QED) is 0.581. The highest BCUT2D eigenvalue weighted by atomic mass is 16.6. The number of nitro groups is 1. The Kier molecular flexibility index (Phi) is 6.21. The molecule has 1 fully saturated rings. The summed E-state index contributed by atoms with van der Waals surface area (Å²) in [6.45, 7) is 3.69. The van der Waals surface area contributed by atoms with Gasteiger partial charge in [0.25, 0.3) is 11.6 Å². The first-order chi connectivity index (χ1) is 13.9. The molecule has 1 aliphatic rings. The van der Waals surface area contributed by atoms with E-state index in [1.54, 1.807) is 30.3 Å². The van der Waals surface area contributed by atoms with Crippen molar-refractivity contribution in [1.29, 1.82) is 0 Å². The zero-order valence-electron chi connectivity index (χ0n) is 16.8. The molecule has 1 saturated heterocycles. The average molecular weight is 399 g/mol. The van der Waals surface area contributed by atoms with Gasteiger partial charge in [0, 0.05) is 48.6 Å². The SMILES string of the molecule is COc1cc(NC(=O)c2ccc(N3CCC[C@@H](C)C3)c([N+](=O)[O-])c2)cc(OC)c1. The van der Waals surface area contributed by atoms with Crippen LogP contribution in [0.25, 0.3) is 0 Å². The molecule has 2 aromatic rings. The van der Waals surface area contributed by atoms with Crippen LogP contribution in [0.15, 0.2) is 36.4 Å². The molecule has 1 aliphatic heterocycles. The van der Waals surface area contributed by atoms with Crippen LogP contribution in [0, 0.1) is 16.0 Å². The van der Waals surface area contributed by atoms with Gasteiger partial charge in [0.2, 0.25) is 0 Å². The number of hydrogen-bond acceptors (Lipinski definition) is 6. The van der Waals surface area contributed by atoms with Crippen LogP contribution in [0.5, 0.6) is 11.5 Å². The maximum atomic E-state index is 12.7. The summed E-state index contributed by atoms with van der Waals surface area (Å²) in [4.78, 5) is 26.0. The van der Waals surface area contributed by atoms with Crippen molar-refractivity contribution in [2.75, 3.05) is 37.5 Å². The number of rotatable bonds is 6. The predicted octanol–water partition coefficient (Wildman–Crippen LogP) is 4.10. The van der Waals surface area contributed by atoms with E-state index < -0.39 is 10.8 Å². The van der Waals surface area contributed by atoms with E-state index in [1.165, 1.54) is 20.3 Å². The third-order valence-corrected chi connectivity index (χ3v) is 5.04. The molecule has 1 amide bonds. The van der Waals surface area contributed by atoms with Crippen molar-refractivity contribution in [2.24, 2.45) is 5.92 Å². The van der Waals surface area contributed by atoms with Gasteiger partial charge in [0.05, 0.1) is 19.1 Å². The van der Waals surface area contributed by atoms with E-state index >= 15 is 0 Å². The highest BCUT2D eigenvalue weighted by Gasteiger charge is 2.25. The summed E-state index contributed by atoms with van der Waals surface area (Å²) < 4.78 is 10.4. The number of nitrogens with one attached hydrogen (secondary N) is 1. The van der Waals surface area contributed by atoms with Gasteiger partial charge in [0.1, 0.15) is 17.2 Å². The maximum absolute atomic E-state index is 12.7. The number of ether oxygens (including phenoxy) is 2. The second-order valence-corrected chi connectivity index (χ2v) is 7.21. The fraction of sp³-hybridized carbons (Fsp3) is 0.381. The number of anilines is 2. The molecule has 3 rings (SSSR count). The third-order valence-electron chi connectivity index (χ3n) is 5.04. The molecule has 0 aliphatic carbocycles. The molecule has 8 nitrogen and oxygen atoms in total. The molecule has 154 valence electrons. The Bertz CT molecular complexity index is 893. The number of nitrogens with zero attached hydrogens (tertiary/aromatic N) is 2. The summed E-state index contributed by atoms with van der Waals surface area (Å²) in [7, 11) is 3.04. The minimum absolute atomic E-state index is 0.0602. The van der Waals surface area contributed by atoms with Crippen LogP contribution in [0.1, 0.15) is 30.1 Å². The molecular formula is C21H25N3O5. The predicted molar refractivity (Wildman–Crippen MR) is 111 cm³/mol. The van der Waals surface area contributed by atoms with Crippen LogP contribution < -0.4 is 19.7 Å². The number of carbonyl (C=O) groups excluding carboxylic acids is 1. The summed E-state index contributed by atoms with van der Waals surface area (Å²) in [6.07, 6.45) is 2.12. The number of carbonyl (C=O) groups is 1. The van der Waals surface area contributed by atoms with E-state index in [2.05, 4.69) is 12.2 Å². The molecule has 0 saturated carbocycles. The van der Waals surface area contributed by atoms with E-state index in [0.717, 1.165) is 25.9 Å². The van der Waals surface area contributed by atoms with Gasteiger partial charge in [0.15, 0.2) is 0 Å². The van der Waals surface area contributed by atoms with Crippen molar-refractivity contribution in [1.82, 2.24) is 0 Å². The zero-order chi connectivity index (χ0) is 21.0. The van der Waals surface area contributed by atoms with Gasteiger partial charge in [-0.05, 0) is 30.9 Å². The summed E-state index contributed by atoms with van der Waals surface area (Å²) in [6, 6.07) is 9.61. The van der Waals surface area contributed by atoms with Crippen molar-refractivity contribution in [3.8, 4) is 11.5 Å². The summed E-state index contributed by atoms with van der Waals surface area (Å²) in [5, 5.41) is 14.4. The van der Waals surface area contributed by atoms with Gasteiger partial charge in [-0.15, -0.1) is 0 Å². The number of hydrogen-bond donors (Lipinski definition) is 1. The van der Waals surface area contributed by atoms with Gasteiger partial charge in [-0.3, -0.25) is 14.9 Å². The van der Waals surface area contributed by atoms with Crippen LogP contribution in [0.2, 0.25) is 0 Å². The van der Waals surface area contributed by atoms with Gasteiger partial charge < -0.3 is 19.7 Å². The normalized spacial score (nSPS) is 16.2. The minimum atomic E-state index is -0.443. The Labute approximate surface area is 169 Å². The van der Waals surface area contributed by atoms with Crippen molar-refractivity contribution in [3.63, 3.8) is 0 Å². The lowest BCUT2D eigenvalue weighted by atomic mass is 9.99. The number of benzene rings is 2. The number of amides is 1. The summed E-state index contributed by atoms with van der Waals surface area (Å²) >= 11 is 0. The lowest BCUT2D eigenvalue weighted by Crippen LogP contribution is -2.34. The fourth-order valence-corrected chi connectivity index (χ4v) is 3.57. The first-order valence-electron chi connectivity index (χ1n) is 9.49. The molecule has 0 unspecified atom stereocenters. The van der Waals surface area contributed by atoms with Gasteiger partial charge in [-0.25, -0.2) is 0 Å². The monoisotopic (exact) mass is 399 g/mol. The maximum Gasteiger partial charge on any atom is 0.293 e. The zero-order valence-corrected chi connectivity index (χ0v) is 16.8. The number of nitro benzene ring substituents is 1.